The molecule has 19 heavy (non-hydrogen) atoms. The Morgan fingerprint density at radius 2 is 1.63 bits per heavy atom. The van der Waals surface area contributed by atoms with E-state index in [1.54, 1.807) is 20.8 Å². The van der Waals surface area contributed by atoms with Crippen LogP contribution in [0.4, 0.5) is 4.79 Å². The maximum absolute atomic E-state index is 11.7. The van der Waals surface area contributed by atoms with Gasteiger partial charge in [0.1, 0.15) is 11.6 Å². The summed E-state index contributed by atoms with van der Waals surface area (Å²) in [6, 6.07) is -1.24. The van der Waals surface area contributed by atoms with Crippen molar-refractivity contribution >= 4 is 18.0 Å². The Morgan fingerprint density at radius 1 is 1.16 bits per heavy atom. The van der Waals surface area contributed by atoms with E-state index in [0.29, 0.717) is 0 Å². The van der Waals surface area contributed by atoms with Gasteiger partial charge in [-0.3, -0.25) is 9.69 Å². The number of likely N-dealkylation sites (N-methyl/N-ethyl adjacent to an activating group) is 1. The van der Waals surface area contributed by atoms with Gasteiger partial charge in [0.25, 0.3) is 0 Å². The summed E-state index contributed by atoms with van der Waals surface area (Å²) in [5.41, 5.74) is -0.743. The molecule has 0 aromatic rings. The summed E-state index contributed by atoms with van der Waals surface area (Å²) < 4.78 is 5.05. The average molecular weight is 275 g/mol. The number of carbonyl (C=O) groups is 3. The number of hydrogen-bond donors (Lipinski definition) is 2. The fourth-order valence-corrected chi connectivity index (χ4v) is 1.32. The predicted molar refractivity (Wildman–Crippen MR) is 66.8 cm³/mol. The van der Waals surface area contributed by atoms with Gasteiger partial charge in [-0.2, -0.15) is 0 Å². The smallest absolute Gasteiger partial charge is 0.410 e. The Balaban J connectivity index is 4.85. The minimum absolute atomic E-state index is 0.180. The summed E-state index contributed by atoms with van der Waals surface area (Å²) >= 11 is 0. The number of carbonyl (C=O) groups excluding carboxylic acids is 1. The number of aliphatic carboxylic acids is 2. The molecule has 0 spiro atoms. The van der Waals surface area contributed by atoms with Crippen molar-refractivity contribution in [2.24, 2.45) is 5.92 Å². The Morgan fingerprint density at radius 3 is 1.95 bits per heavy atom. The molecule has 0 rings (SSSR count). The Labute approximate surface area is 112 Å². The number of nitrogens with zero attached hydrogens (tertiary/aromatic N) is 1. The van der Waals surface area contributed by atoms with Crippen LogP contribution >= 0.6 is 0 Å². The van der Waals surface area contributed by atoms with Crippen LogP contribution in [0.3, 0.4) is 0 Å². The molecule has 0 saturated carbocycles. The summed E-state index contributed by atoms with van der Waals surface area (Å²) in [5.74, 6) is -3.24. The zero-order chi connectivity index (χ0) is 15.4. The maximum atomic E-state index is 11.7. The second-order valence-corrected chi connectivity index (χ2v) is 5.42. The van der Waals surface area contributed by atoms with Gasteiger partial charge in [0.15, 0.2) is 0 Å². The molecule has 2 N–H and O–H groups in total. The van der Waals surface area contributed by atoms with Crippen molar-refractivity contribution in [3.63, 3.8) is 0 Å². The van der Waals surface area contributed by atoms with Crippen LogP contribution in [-0.2, 0) is 14.3 Å². The molecule has 7 nitrogen and oxygen atoms in total. The highest BCUT2D eigenvalue weighted by molar-refractivity contribution is 5.81. The summed E-state index contributed by atoms with van der Waals surface area (Å²) in [4.78, 5) is 34.5. The van der Waals surface area contributed by atoms with E-state index >= 15 is 0 Å². The molecule has 0 bridgehead atoms. The Hall–Kier alpha value is -1.79. The first-order valence-corrected chi connectivity index (χ1v) is 5.87. The zero-order valence-electron chi connectivity index (χ0n) is 11.8. The van der Waals surface area contributed by atoms with Crippen molar-refractivity contribution in [3.05, 3.63) is 0 Å². The lowest BCUT2D eigenvalue weighted by Gasteiger charge is -2.29. The van der Waals surface area contributed by atoms with Crippen molar-refractivity contribution in [1.29, 1.82) is 0 Å². The molecule has 2 atom stereocenters. The third-order valence-electron chi connectivity index (χ3n) is 2.43. The van der Waals surface area contributed by atoms with Gasteiger partial charge in [0, 0.05) is 7.05 Å². The lowest BCUT2D eigenvalue weighted by molar-refractivity contribution is -0.146. The second kappa shape index (κ2) is 6.40. The standard InChI is InChI=1S/C12H21NO6/c1-7(9(14)15)6-8(10(16)17)13(5)11(18)19-12(2,3)4/h7-8H,6H2,1-5H3,(H,14,15)(H,16,17)/t7-,8-/m0/s1. The number of carboxylic acid groups (broad SMARTS) is 2. The van der Waals surface area contributed by atoms with Crippen molar-refractivity contribution < 1.29 is 29.3 Å². The van der Waals surface area contributed by atoms with E-state index in [1.165, 1.54) is 14.0 Å². The highest BCUT2D eigenvalue weighted by Gasteiger charge is 2.32. The minimum Gasteiger partial charge on any atom is -0.481 e. The van der Waals surface area contributed by atoms with E-state index in [4.69, 9.17) is 14.9 Å². The van der Waals surface area contributed by atoms with Crippen LogP contribution in [0.25, 0.3) is 0 Å². The van der Waals surface area contributed by atoms with Crippen LogP contribution in [0.2, 0.25) is 0 Å². The first kappa shape index (κ1) is 17.2. The minimum atomic E-state index is -1.26. The maximum Gasteiger partial charge on any atom is 0.410 e. The van der Waals surface area contributed by atoms with E-state index in [2.05, 4.69) is 0 Å². The molecule has 0 saturated heterocycles. The Bertz CT molecular complexity index is 360. The molecule has 1 amide bonds. The topological polar surface area (TPSA) is 104 Å². The van der Waals surface area contributed by atoms with Gasteiger partial charge < -0.3 is 14.9 Å². The fourth-order valence-electron chi connectivity index (χ4n) is 1.32. The van der Waals surface area contributed by atoms with Gasteiger partial charge in [0.2, 0.25) is 0 Å². The predicted octanol–water partition coefficient (Wildman–Crippen LogP) is 1.42. The molecule has 110 valence electrons. The molecule has 0 aliphatic carbocycles. The van der Waals surface area contributed by atoms with Gasteiger partial charge in [0.05, 0.1) is 5.92 Å². The zero-order valence-corrected chi connectivity index (χ0v) is 11.8. The van der Waals surface area contributed by atoms with Gasteiger partial charge >= 0.3 is 18.0 Å². The molecule has 0 aliphatic rings. The van der Waals surface area contributed by atoms with E-state index in [-0.39, 0.29) is 6.42 Å². The van der Waals surface area contributed by atoms with E-state index < -0.39 is 35.6 Å². The molecule has 0 aromatic heterocycles. The highest BCUT2D eigenvalue weighted by atomic mass is 16.6. The van der Waals surface area contributed by atoms with Crippen molar-refractivity contribution in [2.45, 2.75) is 45.8 Å². The van der Waals surface area contributed by atoms with Crippen LogP contribution in [0.1, 0.15) is 34.1 Å². The fraction of sp³-hybridized carbons (Fsp3) is 0.750. The molecular formula is C12H21NO6. The number of carboxylic acids is 2. The molecule has 7 heteroatoms. The largest absolute Gasteiger partial charge is 0.481 e. The summed E-state index contributed by atoms with van der Waals surface area (Å²) in [5, 5.41) is 17.9. The quantitative estimate of drug-likeness (QED) is 0.786. The normalized spacial score (nSPS) is 14.4. The summed E-state index contributed by atoms with van der Waals surface area (Å²) in [6.07, 6.45) is -0.974. The van der Waals surface area contributed by atoms with Crippen LogP contribution in [0, 0.1) is 5.92 Å². The molecule has 0 aromatic carbocycles. The van der Waals surface area contributed by atoms with E-state index in [1.807, 2.05) is 0 Å². The molecule has 0 fully saturated rings. The van der Waals surface area contributed by atoms with E-state index in [0.717, 1.165) is 4.90 Å². The van der Waals surface area contributed by atoms with Crippen LogP contribution in [0.5, 0.6) is 0 Å². The van der Waals surface area contributed by atoms with Crippen LogP contribution < -0.4 is 0 Å². The Kier molecular flexibility index (Phi) is 5.80. The number of amides is 1. The third kappa shape index (κ3) is 6.08. The number of hydrogen-bond acceptors (Lipinski definition) is 4. The van der Waals surface area contributed by atoms with Gasteiger partial charge in [-0.15, -0.1) is 0 Å². The first-order chi connectivity index (χ1) is 8.45. The number of rotatable bonds is 5. The SMILES string of the molecule is C[C@@H](C[C@@H](C(=O)O)N(C)C(=O)OC(C)(C)C)C(=O)O. The molecule has 0 heterocycles. The average Bonchev–Trinajstić information content (AvgIpc) is 2.21. The van der Waals surface area contributed by atoms with Crippen molar-refractivity contribution in [1.82, 2.24) is 4.90 Å². The van der Waals surface area contributed by atoms with Crippen molar-refractivity contribution in [2.75, 3.05) is 7.05 Å². The third-order valence-corrected chi connectivity index (χ3v) is 2.43. The molecule has 0 unspecified atom stereocenters. The molecular weight excluding hydrogens is 254 g/mol. The first-order valence-electron chi connectivity index (χ1n) is 5.87. The van der Waals surface area contributed by atoms with Crippen LogP contribution in [-0.4, -0.2) is 51.8 Å². The van der Waals surface area contributed by atoms with Gasteiger partial charge in [-0.1, -0.05) is 6.92 Å². The van der Waals surface area contributed by atoms with Crippen molar-refractivity contribution in [3.8, 4) is 0 Å². The summed E-state index contributed by atoms with van der Waals surface area (Å²) in [6.45, 7) is 6.37. The van der Waals surface area contributed by atoms with Crippen LogP contribution in [0.15, 0.2) is 0 Å². The number of ether oxygens (including phenoxy) is 1. The van der Waals surface area contributed by atoms with Gasteiger partial charge in [-0.05, 0) is 27.2 Å². The summed E-state index contributed by atoms with van der Waals surface area (Å²) in [7, 11) is 1.28. The molecule has 0 aliphatic heterocycles. The van der Waals surface area contributed by atoms with E-state index in [9.17, 15) is 14.4 Å². The highest BCUT2D eigenvalue weighted by Crippen LogP contribution is 2.15. The monoisotopic (exact) mass is 275 g/mol. The lowest BCUT2D eigenvalue weighted by Crippen LogP contribution is -2.46. The lowest BCUT2D eigenvalue weighted by atomic mass is 10.0. The molecule has 0 radical (unpaired) electrons. The van der Waals surface area contributed by atoms with Gasteiger partial charge in [-0.25, -0.2) is 9.59 Å². The second-order valence-electron chi connectivity index (χ2n) is 5.42.